The zero-order valence-electron chi connectivity index (χ0n) is 47.2. The van der Waals surface area contributed by atoms with Crippen molar-refractivity contribution < 1.29 is 36.1 Å². The molecule has 23 heteroatoms. The number of aromatic nitrogens is 8. The lowest BCUT2D eigenvalue weighted by Gasteiger charge is -2.34. The molecule has 2 aromatic carbocycles. The van der Waals surface area contributed by atoms with Gasteiger partial charge in [0.2, 0.25) is 21.9 Å². The fourth-order valence-electron chi connectivity index (χ4n) is 9.67. The Morgan fingerprint density at radius 2 is 0.975 bits per heavy atom. The number of pyridine rings is 4. The molecule has 80 heavy (non-hydrogen) atoms. The van der Waals surface area contributed by atoms with Crippen molar-refractivity contribution in [1.29, 1.82) is 0 Å². The van der Waals surface area contributed by atoms with Crippen LogP contribution >= 0.6 is 0 Å². The Morgan fingerprint density at radius 1 is 0.550 bits per heavy atom. The van der Waals surface area contributed by atoms with Crippen LogP contribution in [0.15, 0.2) is 97.6 Å². The molecule has 2 aliphatic heterocycles. The summed E-state index contributed by atoms with van der Waals surface area (Å²) in [7, 11) is -2.65. The average molecular weight is 1150 g/mol. The molecule has 6 aromatic heterocycles. The van der Waals surface area contributed by atoms with Gasteiger partial charge in [-0.15, -0.1) is 0 Å². The first-order valence-corrected chi connectivity index (χ1v) is 36.2. The van der Waals surface area contributed by atoms with E-state index in [1.807, 2.05) is 70.2 Å². The number of nitrogens with one attached hydrogen (secondary N) is 1. The fourth-order valence-corrected chi connectivity index (χ4v) is 12.0. The Bertz CT molecular complexity index is 3560. The molecule has 2 saturated heterocycles. The van der Waals surface area contributed by atoms with Crippen LogP contribution in [0.2, 0.25) is 51.4 Å². The maximum Gasteiger partial charge on any atom is 0.224 e. The van der Waals surface area contributed by atoms with E-state index >= 15 is 0 Å². The highest BCUT2D eigenvalue weighted by Crippen LogP contribution is 2.39. The molecule has 8 aromatic rings. The van der Waals surface area contributed by atoms with Gasteiger partial charge in [-0.05, 0) is 83.9 Å². The minimum Gasteiger partial charge on any atom is -0.496 e. The predicted octanol–water partition coefficient (Wildman–Crippen LogP) is 9.73. The third-order valence-electron chi connectivity index (χ3n) is 14.2. The number of fused-ring (bicyclic) bond motifs is 2. The Labute approximate surface area is 469 Å². The largest absolute Gasteiger partial charge is 0.496 e. The topological polar surface area (TPSA) is 180 Å². The Hall–Kier alpha value is -6.74. The molecule has 0 amide bonds. The van der Waals surface area contributed by atoms with E-state index in [0.717, 1.165) is 88.5 Å². The minimum atomic E-state index is -3.23. The van der Waals surface area contributed by atoms with Crippen molar-refractivity contribution in [1.82, 2.24) is 49.1 Å². The van der Waals surface area contributed by atoms with Gasteiger partial charge >= 0.3 is 0 Å². The van der Waals surface area contributed by atoms with Crippen LogP contribution in [-0.2, 0) is 33.0 Å². The third-order valence-corrected chi connectivity index (χ3v) is 18.9. The van der Waals surface area contributed by atoms with Crippen LogP contribution in [0, 0.1) is 11.9 Å². The van der Waals surface area contributed by atoms with Gasteiger partial charge in [0, 0.05) is 128 Å². The summed E-state index contributed by atoms with van der Waals surface area (Å²) in [5, 5.41) is 15.0. The highest BCUT2D eigenvalue weighted by Gasteiger charge is 2.26. The Balaban J connectivity index is 0.000000195. The van der Waals surface area contributed by atoms with Crippen LogP contribution < -0.4 is 24.6 Å². The van der Waals surface area contributed by atoms with Crippen LogP contribution in [0.25, 0.3) is 66.6 Å². The second kappa shape index (κ2) is 25.0. The number of rotatable bonds is 19. The van der Waals surface area contributed by atoms with Crippen molar-refractivity contribution in [3.8, 4) is 56.3 Å². The number of benzene rings is 2. The van der Waals surface area contributed by atoms with E-state index < -0.39 is 38.1 Å². The van der Waals surface area contributed by atoms with Crippen LogP contribution in [0.1, 0.15) is 0 Å². The summed E-state index contributed by atoms with van der Waals surface area (Å²) < 4.78 is 81.9. The maximum atomic E-state index is 14.9. The standard InChI is InChI=1S/C29H37FN6O4SSi.C28H35FN6O2Si/c1-39-25-9-11-32-29(30)27(25)21-6-7-24-23(18-21)28(33-36(24)20-40-16-17-42(3,4)5)22-8-10-31-26(19-22)34-12-14-35(15-13-34)41(2,37)38;1-36-24-8-10-32-28(29)26(24)20-5-6-23-22(17-20)27(33-35(23)19-37-15-16-38(2,3)4)21-7-9-31-25(18-21)34-13-11-30-12-14-34/h6-11,18-19H,12-17,20H2,1-5H3;5-10,17-18,30H,11-16,19H2,1-4H3. The van der Waals surface area contributed by atoms with E-state index in [1.165, 1.54) is 37.2 Å². The molecule has 0 spiro atoms. The number of hydrogen-bond acceptors (Lipinski definition) is 15. The third kappa shape index (κ3) is 13.9. The Kier molecular flexibility index (Phi) is 18.1. The van der Waals surface area contributed by atoms with Gasteiger partial charge in [0.15, 0.2) is 0 Å². The second-order valence-corrected chi connectivity index (χ2v) is 35.6. The minimum absolute atomic E-state index is 0.283. The van der Waals surface area contributed by atoms with Crippen molar-refractivity contribution >= 4 is 59.6 Å². The summed E-state index contributed by atoms with van der Waals surface area (Å²) >= 11 is 0. The summed E-state index contributed by atoms with van der Waals surface area (Å²) in [6.45, 7) is 21.5. The highest BCUT2D eigenvalue weighted by molar-refractivity contribution is 7.88. The number of methoxy groups -OCH3 is 2. The van der Waals surface area contributed by atoms with Crippen molar-refractivity contribution in [2.24, 2.45) is 0 Å². The van der Waals surface area contributed by atoms with Gasteiger partial charge in [-0.25, -0.2) is 37.7 Å². The number of piperazine rings is 2. The van der Waals surface area contributed by atoms with Gasteiger partial charge in [-0.2, -0.15) is 23.3 Å². The summed E-state index contributed by atoms with van der Waals surface area (Å²) in [5.41, 5.74) is 6.99. The van der Waals surface area contributed by atoms with E-state index in [-0.39, 0.29) is 12.3 Å². The van der Waals surface area contributed by atoms with Crippen LogP contribution in [0.5, 0.6) is 11.5 Å². The molecule has 0 bridgehead atoms. The summed E-state index contributed by atoms with van der Waals surface area (Å²) in [6, 6.07) is 24.8. The van der Waals surface area contributed by atoms with Gasteiger partial charge in [0.05, 0.1) is 42.6 Å². The van der Waals surface area contributed by atoms with E-state index in [1.54, 1.807) is 18.3 Å². The normalized spacial score (nSPS) is 14.6. The molecule has 0 unspecified atom stereocenters. The first-order valence-electron chi connectivity index (χ1n) is 26.9. The molecule has 0 atom stereocenters. The molecule has 2 aliphatic rings. The van der Waals surface area contributed by atoms with Gasteiger partial charge in [-0.1, -0.05) is 51.4 Å². The number of sulfonamides is 1. The zero-order chi connectivity index (χ0) is 56.8. The highest BCUT2D eigenvalue weighted by atomic mass is 32.2. The predicted molar refractivity (Wildman–Crippen MR) is 317 cm³/mol. The number of hydrogen-bond donors (Lipinski definition) is 1. The molecule has 0 saturated carbocycles. The Morgan fingerprint density at radius 3 is 1.39 bits per heavy atom. The monoisotopic (exact) mass is 1150 g/mol. The molecule has 1 N–H and O–H groups in total. The number of halogens is 2. The zero-order valence-corrected chi connectivity index (χ0v) is 50.0. The molecule has 8 heterocycles. The molecule has 2 fully saturated rings. The van der Waals surface area contributed by atoms with Crippen molar-refractivity contribution in [3.05, 3.63) is 109 Å². The van der Waals surface area contributed by atoms with Gasteiger partial charge in [0.1, 0.15) is 48.0 Å². The second-order valence-electron chi connectivity index (χ2n) is 22.4. The molecular formula is C57H72F2N12O6SSi2. The first kappa shape index (κ1) is 57.9. The number of nitrogens with zero attached hydrogens (tertiary/aromatic N) is 11. The van der Waals surface area contributed by atoms with Gasteiger partial charge in [0.25, 0.3) is 0 Å². The molecule has 0 radical (unpaired) electrons. The van der Waals surface area contributed by atoms with Gasteiger partial charge in [-0.3, -0.25) is 0 Å². The summed E-state index contributed by atoms with van der Waals surface area (Å²) in [6.07, 6.45) is 7.59. The smallest absolute Gasteiger partial charge is 0.224 e. The molecular weight excluding hydrogens is 1070 g/mol. The van der Waals surface area contributed by atoms with Crippen LogP contribution in [0.3, 0.4) is 0 Å². The SMILES string of the molecule is COc1ccnc(F)c1-c1ccc2c(c1)c(-c1ccnc(N3CCN(S(C)(=O)=O)CC3)c1)nn2COCC[Si](C)(C)C.COc1ccnc(F)c1-c1ccc2c(c1)c(-c1ccnc(N3CCNCC3)c1)nn2COCC[Si](C)(C)C. The van der Waals surface area contributed by atoms with Gasteiger partial charge < -0.3 is 34.1 Å². The molecule has 18 nitrogen and oxygen atoms in total. The fraction of sp³-hybridized carbons (Fsp3) is 0.404. The summed E-state index contributed by atoms with van der Waals surface area (Å²) in [4.78, 5) is 21.3. The van der Waals surface area contributed by atoms with Crippen LogP contribution in [0.4, 0.5) is 20.4 Å². The van der Waals surface area contributed by atoms with E-state index in [9.17, 15) is 17.2 Å². The van der Waals surface area contributed by atoms with E-state index in [2.05, 4.69) is 80.4 Å². The molecule has 424 valence electrons. The molecule has 10 rings (SSSR count). The van der Waals surface area contributed by atoms with Crippen molar-refractivity contribution in [2.75, 3.05) is 95.8 Å². The molecule has 0 aliphatic carbocycles. The van der Waals surface area contributed by atoms with Crippen molar-refractivity contribution in [3.63, 3.8) is 0 Å². The maximum absolute atomic E-state index is 14.9. The quantitative estimate of drug-likeness (QED) is 0.0459. The lowest BCUT2D eigenvalue weighted by molar-refractivity contribution is 0.0818. The lowest BCUT2D eigenvalue weighted by Crippen LogP contribution is -2.48. The van der Waals surface area contributed by atoms with Crippen LogP contribution in [-0.4, -0.2) is 154 Å². The van der Waals surface area contributed by atoms with Crippen molar-refractivity contribution in [2.45, 2.75) is 64.8 Å². The summed E-state index contributed by atoms with van der Waals surface area (Å²) in [5.74, 6) is 1.31. The number of ether oxygens (including phenoxy) is 4. The lowest BCUT2D eigenvalue weighted by atomic mass is 10.0. The van der Waals surface area contributed by atoms with E-state index in [0.29, 0.717) is 80.0 Å². The van der Waals surface area contributed by atoms with E-state index in [4.69, 9.17) is 29.1 Å². The first-order chi connectivity index (χ1) is 38.3. The number of anilines is 2. The average Bonchev–Trinajstić information content (AvgIpc) is 4.04.